The minimum Gasteiger partial charge on any atom is -0.396 e. The number of hydrogen-bond acceptors (Lipinski definition) is 5. The molecule has 0 radical (unpaired) electrons. The summed E-state index contributed by atoms with van der Waals surface area (Å²) in [6.45, 7) is 5.31. The molecular weight excluding hydrogens is 294 g/mol. The molecule has 2 aliphatic rings. The molecular formula is C13H17N3O4S. The van der Waals surface area contributed by atoms with Crippen molar-refractivity contribution in [3.63, 3.8) is 0 Å². The lowest BCUT2D eigenvalue weighted by atomic mass is 10.1. The van der Waals surface area contributed by atoms with Gasteiger partial charge in [0.1, 0.15) is 6.04 Å². The number of rotatable bonds is 6. The lowest BCUT2D eigenvalue weighted by molar-refractivity contribution is -0.118. The number of aliphatic hydroxyl groups is 1. The molecule has 7 nitrogen and oxygen atoms in total. The molecule has 1 N–H and O–H groups in total. The molecule has 1 atom stereocenters. The van der Waals surface area contributed by atoms with Crippen LogP contribution in [0.2, 0.25) is 0 Å². The highest BCUT2D eigenvalue weighted by atomic mass is 32.1. The molecule has 3 heterocycles. The minimum atomic E-state index is -0.228. The Morgan fingerprint density at radius 3 is 3.00 bits per heavy atom. The van der Waals surface area contributed by atoms with Crippen LogP contribution in [0, 0.1) is 0 Å². The highest BCUT2D eigenvalue weighted by Gasteiger charge is 2.46. The summed E-state index contributed by atoms with van der Waals surface area (Å²) in [5.74, 6) is 0. The van der Waals surface area contributed by atoms with Gasteiger partial charge in [-0.15, -0.1) is 6.58 Å². The van der Waals surface area contributed by atoms with Crippen molar-refractivity contribution in [3.8, 4) is 0 Å². The Hall–Kier alpha value is -1.64. The number of hydroxylamine groups is 2. The molecule has 0 saturated carbocycles. The zero-order valence-electron chi connectivity index (χ0n) is 11.5. The number of aromatic nitrogens is 1. The van der Waals surface area contributed by atoms with E-state index in [9.17, 15) is 9.59 Å². The molecule has 3 rings (SSSR count). The normalized spacial score (nSPS) is 20.0. The van der Waals surface area contributed by atoms with E-state index in [0.717, 1.165) is 10.6 Å². The Balaban J connectivity index is 1.93. The van der Waals surface area contributed by atoms with Gasteiger partial charge < -0.3 is 14.6 Å². The van der Waals surface area contributed by atoms with Gasteiger partial charge in [-0.05, 0) is 6.42 Å². The molecule has 0 spiro atoms. The van der Waals surface area contributed by atoms with Crippen molar-refractivity contribution in [1.29, 1.82) is 0 Å². The van der Waals surface area contributed by atoms with Crippen molar-refractivity contribution in [2.45, 2.75) is 25.6 Å². The number of aliphatic hydroxyl groups excluding tert-OH is 1. The first kappa shape index (κ1) is 14.3. The molecule has 0 aromatic carbocycles. The van der Waals surface area contributed by atoms with Crippen LogP contribution in [0.25, 0.3) is 0 Å². The fraction of sp³-hybridized carbons (Fsp3) is 0.538. The van der Waals surface area contributed by atoms with Gasteiger partial charge >= 0.3 is 10.9 Å². The summed E-state index contributed by atoms with van der Waals surface area (Å²) in [4.78, 5) is 32.3. The molecule has 2 bridgehead atoms. The van der Waals surface area contributed by atoms with Crippen LogP contribution >= 0.6 is 11.3 Å². The number of nitrogens with zero attached hydrogens (tertiary/aromatic N) is 3. The Kier molecular flexibility index (Phi) is 3.83. The molecule has 1 aromatic rings. The van der Waals surface area contributed by atoms with E-state index in [1.807, 2.05) is 0 Å². The van der Waals surface area contributed by atoms with Gasteiger partial charge in [0.2, 0.25) is 0 Å². The van der Waals surface area contributed by atoms with Crippen LogP contribution in [-0.2, 0) is 17.9 Å². The van der Waals surface area contributed by atoms with Crippen LogP contribution in [0.3, 0.4) is 0 Å². The SMILES string of the molecule is C=CCON1C(=O)N2Cc3c(sc(=O)n3CCCO)C1C2. The van der Waals surface area contributed by atoms with Crippen molar-refractivity contribution in [2.24, 2.45) is 0 Å². The summed E-state index contributed by atoms with van der Waals surface area (Å²) < 4.78 is 1.67. The van der Waals surface area contributed by atoms with Gasteiger partial charge in [-0.25, -0.2) is 4.79 Å². The standard InChI is InChI=1S/C13H17N3O4S/c1-2-6-20-16-10-8-14(12(16)18)7-9-11(10)21-13(19)15(9)4-3-5-17/h2,10,17H,1,3-8H2. The molecule has 8 heteroatoms. The molecule has 114 valence electrons. The second-order valence-electron chi connectivity index (χ2n) is 5.00. The van der Waals surface area contributed by atoms with Crippen LogP contribution in [0.1, 0.15) is 23.0 Å². The molecule has 1 fully saturated rings. The van der Waals surface area contributed by atoms with Gasteiger partial charge in [-0.3, -0.25) is 9.63 Å². The smallest absolute Gasteiger partial charge is 0.345 e. The summed E-state index contributed by atoms with van der Waals surface area (Å²) in [6.07, 6.45) is 2.11. The average molecular weight is 311 g/mol. The number of urea groups is 1. The Morgan fingerprint density at radius 2 is 2.29 bits per heavy atom. The van der Waals surface area contributed by atoms with E-state index in [2.05, 4.69) is 6.58 Å². The number of carbonyl (C=O) groups is 1. The maximum Gasteiger partial charge on any atom is 0.345 e. The fourth-order valence-corrected chi connectivity index (χ4v) is 3.84. The number of hydrogen-bond donors (Lipinski definition) is 1. The van der Waals surface area contributed by atoms with Gasteiger partial charge in [-0.1, -0.05) is 17.4 Å². The summed E-state index contributed by atoms with van der Waals surface area (Å²) in [5, 5.41) is 10.3. The first-order valence-electron chi connectivity index (χ1n) is 6.82. The molecule has 1 unspecified atom stereocenters. The van der Waals surface area contributed by atoms with Crippen LogP contribution in [0.4, 0.5) is 4.79 Å². The summed E-state index contributed by atoms with van der Waals surface area (Å²) in [6, 6.07) is -0.402. The third kappa shape index (κ3) is 2.29. The number of amides is 2. The fourth-order valence-electron chi connectivity index (χ4n) is 2.74. The monoisotopic (exact) mass is 311 g/mol. The van der Waals surface area contributed by atoms with Crippen molar-refractivity contribution >= 4 is 17.4 Å². The largest absolute Gasteiger partial charge is 0.396 e. The zero-order valence-corrected chi connectivity index (χ0v) is 12.3. The minimum absolute atomic E-state index is 0.0394. The van der Waals surface area contributed by atoms with Gasteiger partial charge in [0.05, 0.1) is 30.3 Å². The van der Waals surface area contributed by atoms with Crippen molar-refractivity contribution in [2.75, 3.05) is 19.8 Å². The summed E-state index contributed by atoms with van der Waals surface area (Å²) >= 11 is 1.17. The van der Waals surface area contributed by atoms with Crippen LogP contribution in [0.15, 0.2) is 17.4 Å². The Bertz CT molecular complexity index is 623. The lowest BCUT2D eigenvalue weighted by Gasteiger charge is -2.22. The predicted molar refractivity (Wildman–Crippen MR) is 76.8 cm³/mol. The van der Waals surface area contributed by atoms with Crippen molar-refractivity contribution < 1.29 is 14.7 Å². The number of carbonyl (C=O) groups excluding carboxylic acids is 1. The van der Waals surface area contributed by atoms with Gasteiger partial charge in [-0.2, -0.15) is 5.06 Å². The highest BCUT2D eigenvalue weighted by molar-refractivity contribution is 7.09. The molecule has 21 heavy (non-hydrogen) atoms. The van der Waals surface area contributed by atoms with Gasteiger partial charge in [0.25, 0.3) is 0 Å². The van der Waals surface area contributed by atoms with E-state index >= 15 is 0 Å². The van der Waals surface area contributed by atoms with Crippen LogP contribution in [0.5, 0.6) is 0 Å². The second-order valence-corrected chi connectivity index (χ2v) is 5.99. The average Bonchev–Trinajstić information content (AvgIpc) is 2.92. The third-order valence-electron chi connectivity index (χ3n) is 3.68. The molecule has 1 aromatic heterocycles. The zero-order chi connectivity index (χ0) is 15.0. The van der Waals surface area contributed by atoms with Crippen molar-refractivity contribution in [1.82, 2.24) is 14.5 Å². The number of thiazole rings is 1. The van der Waals surface area contributed by atoms with Gasteiger partial charge in [0, 0.05) is 13.2 Å². The topological polar surface area (TPSA) is 75.0 Å². The number of fused-ring (bicyclic) bond motifs is 4. The molecule has 2 aliphatic heterocycles. The molecule has 2 amide bonds. The maximum atomic E-state index is 12.2. The summed E-state index contributed by atoms with van der Waals surface area (Å²) in [5.41, 5.74) is 0.868. The quantitative estimate of drug-likeness (QED) is 0.785. The van der Waals surface area contributed by atoms with E-state index in [4.69, 9.17) is 9.94 Å². The third-order valence-corrected chi connectivity index (χ3v) is 4.80. The van der Waals surface area contributed by atoms with E-state index in [1.165, 1.54) is 16.4 Å². The van der Waals surface area contributed by atoms with Crippen LogP contribution in [-0.4, -0.2) is 45.4 Å². The van der Waals surface area contributed by atoms with E-state index < -0.39 is 0 Å². The Morgan fingerprint density at radius 1 is 1.48 bits per heavy atom. The Labute approximate surface area is 125 Å². The second kappa shape index (κ2) is 5.63. The van der Waals surface area contributed by atoms with Crippen LogP contribution < -0.4 is 4.87 Å². The first-order chi connectivity index (χ1) is 10.2. The lowest BCUT2D eigenvalue weighted by Crippen LogP contribution is -2.31. The van der Waals surface area contributed by atoms with E-state index in [-0.39, 0.29) is 30.2 Å². The van der Waals surface area contributed by atoms with Crippen molar-refractivity contribution in [3.05, 3.63) is 32.9 Å². The first-order valence-corrected chi connectivity index (χ1v) is 7.64. The predicted octanol–water partition coefficient (Wildman–Crippen LogP) is 0.702. The molecule has 1 saturated heterocycles. The van der Waals surface area contributed by atoms with E-state index in [1.54, 1.807) is 15.5 Å². The van der Waals surface area contributed by atoms with E-state index in [0.29, 0.717) is 26.1 Å². The summed E-state index contributed by atoms with van der Waals surface area (Å²) in [7, 11) is 0. The highest BCUT2D eigenvalue weighted by Crippen LogP contribution is 2.39. The maximum absolute atomic E-state index is 12.2. The van der Waals surface area contributed by atoms with Gasteiger partial charge in [0.15, 0.2) is 0 Å². The molecule has 0 aliphatic carbocycles.